The van der Waals surface area contributed by atoms with E-state index < -0.39 is 0 Å². The highest BCUT2D eigenvalue weighted by molar-refractivity contribution is 5.32. The van der Waals surface area contributed by atoms with Gasteiger partial charge in [-0.3, -0.25) is 0 Å². The van der Waals surface area contributed by atoms with Gasteiger partial charge in [-0.1, -0.05) is 24.3 Å². The number of hydrogen-bond acceptors (Lipinski definition) is 2. The number of fused-ring (bicyclic) bond motifs is 1. The fraction of sp³-hybridized carbons (Fsp3) is 0.647. The molecule has 2 N–H and O–H groups in total. The molecule has 0 saturated carbocycles. The summed E-state index contributed by atoms with van der Waals surface area (Å²) >= 11 is 0. The van der Waals surface area contributed by atoms with Gasteiger partial charge < -0.3 is 10.6 Å². The Morgan fingerprint density at radius 3 is 2.68 bits per heavy atom. The first-order chi connectivity index (χ1) is 9.36. The first-order valence-electron chi connectivity index (χ1n) is 7.87. The molecule has 0 aromatic heterocycles. The Bertz CT molecular complexity index is 407. The summed E-state index contributed by atoms with van der Waals surface area (Å²) in [5.41, 5.74) is 8.99. The van der Waals surface area contributed by atoms with Crippen molar-refractivity contribution in [3.63, 3.8) is 0 Å². The molecule has 1 heterocycles. The lowest BCUT2D eigenvalue weighted by Crippen LogP contribution is -2.38. The van der Waals surface area contributed by atoms with E-state index in [0.717, 1.165) is 18.4 Å². The number of nitrogens with two attached hydrogens (primary N) is 1. The van der Waals surface area contributed by atoms with Gasteiger partial charge in [0.1, 0.15) is 0 Å². The van der Waals surface area contributed by atoms with Crippen LogP contribution in [-0.4, -0.2) is 31.1 Å². The molecule has 1 fully saturated rings. The molecule has 3 rings (SSSR count). The van der Waals surface area contributed by atoms with Crippen LogP contribution in [0.25, 0.3) is 0 Å². The predicted molar refractivity (Wildman–Crippen MR) is 80.3 cm³/mol. The van der Waals surface area contributed by atoms with Crippen molar-refractivity contribution < 1.29 is 0 Å². The summed E-state index contributed by atoms with van der Waals surface area (Å²) in [7, 11) is 0. The number of rotatable bonds is 3. The zero-order valence-electron chi connectivity index (χ0n) is 11.9. The van der Waals surface area contributed by atoms with Crippen LogP contribution in [0.2, 0.25) is 0 Å². The zero-order chi connectivity index (χ0) is 13.1. The van der Waals surface area contributed by atoms with Gasteiger partial charge in [-0.2, -0.15) is 0 Å². The Hall–Kier alpha value is -0.860. The lowest BCUT2D eigenvalue weighted by atomic mass is 9.82. The second-order valence-corrected chi connectivity index (χ2v) is 6.27. The molecule has 1 aromatic rings. The fourth-order valence-corrected chi connectivity index (χ4v) is 3.76. The minimum atomic E-state index is 0.763. The average molecular weight is 258 g/mol. The number of hydrogen-bond donors (Lipinski definition) is 1. The number of likely N-dealkylation sites (tertiary alicyclic amines) is 1. The normalized spacial score (nSPS) is 25.2. The fourth-order valence-electron chi connectivity index (χ4n) is 3.76. The second-order valence-electron chi connectivity index (χ2n) is 6.27. The van der Waals surface area contributed by atoms with Gasteiger partial charge in [0.25, 0.3) is 0 Å². The SMILES string of the molecule is NCC1CCN(CC2CCCc3ccccc32)CC1. The van der Waals surface area contributed by atoms with E-state index in [0.29, 0.717) is 0 Å². The highest BCUT2D eigenvalue weighted by Crippen LogP contribution is 2.32. The van der Waals surface area contributed by atoms with Crippen molar-refractivity contribution in [2.75, 3.05) is 26.2 Å². The Morgan fingerprint density at radius 2 is 1.89 bits per heavy atom. The van der Waals surface area contributed by atoms with Crippen molar-refractivity contribution in [1.29, 1.82) is 0 Å². The molecule has 1 aliphatic heterocycles. The minimum Gasteiger partial charge on any atom is -0.330 e. The summed E-state index contributed by atoms with van der Waals surface area (Å²) in [4.78, 5) is 2.67. The van der Waals surface area contributed by atoms with E-state index in [1.165, 1.54) is 51.7 Å². The lowest BCUT2D eigenvalue weighted by Gasteiger charge is -2.35. The van der Waals surface area contributed by atoms with Crippen LogP contribution in [0.4, 0.5) is 0 Å². The van der Waals surface area contributed by atoms with Crippen molar-refractivity contribution in [3.05, 3.63) is 35.4 Å². The maximum absolute atomic E-state index is 5.78. The van der Waals surface area contributed by atoms with Crippen molar-refractivity contribution in [2.45, 2.75) is 38.0 Å². The number of aryl methyl sites for hydroxylation is 1. The van der Waals surface area contributed by atoms with Gasteiger partial charge in [-0.05, 0) is 74.7 Å². The third-order valence-corrected chi connectivity index (χ3v) is 5.01. The number of nitrogens with zero attached hydrogens (tertiary/aromatic N) is 1. The van der Waals surface area contributed by atoms with Crippen molar-refractivity contribution in [1.82, 2.24) is 4.90 Å². The molecular weight excluding hydrogens is 232 g/mol. The average Bonchev–Trinajstić information content (AvgIpc) is 2.48. The minimum absolute atomic E-state index is 0.763. The van der Waals surface area contributed by atoms with Gasteiger partial charge in [-0.25, -0.2) is 0 Å². The van der Waals surface area contributed by atoms with E-state index in [1.807, 2.05) is 0 Å². The van der Waals surface area contributed by atoms with Crippen LogP contribution in [0, 0.1) is 5.92 Å². The summed E-state index contributed by atoms with van der Waals surface area (Å²) in [6, 6.07) is 9.07. The summed E-state index contributed by atoms with van der Waals surface area (Å²) in [5, 5.41) is 0. The molecule has 19 heavy (non-hydrogen) atoms. The Balaban J connectivity index is 1.62. The molecule has 104 valence electrons. The van der Waals surface area contributed by atoms with Crippen LogP contribution in [0.1, 0.15) is 42.7 Å². The molecule has 2 nitrogen and oxygen atoms in total. The summed E-state index contributed by atoms with van der Waals surface area (Å²) in [6.45, 7) is 4.63. The monoisotopic (exact) mass is 258 g/mol. The quantitative estimate of drug-likeness (QED) is 0.903. The Kier molecular flexibility index (Phi) is 4.19. The topological polar surface area (TPSA) is 29.3 Å². The van der Waals surface area contributed by atoms with E-state index in [2.05, 4.69) is 29.2 Å². The molecule has 2 aliphatic rings. The summed E-state index contributed by atoms with van der Waals surface area (Å²) < 4.78 is 0. The third-order valence-electron chi connectivity index (χ3n) is 5.01. The van der Waals surface area contributed by atoms with E-state index in [1.54, 1.807) is 11.1 Å². The van der Waals surface area contributed by atoms with Crippen molar-refractivity contribution in [3.8, 4) is 0 Å². The molecule has 1 aromatic carbocycles. The summed E-state index contributed by atoms with van der Waals surface area (Å²) in [5.74, 6) is 1.54. The maximum atomic E-state index is 5.78. The molecule has 0 amide bonds. The van der Waals surface area contributed by atoms with Gasteiger partial charge in [0.05, 0.1) is 0 Å². The molecule has 1 unspecified atom stereocenters. The molecule has 0 spiro atoms. The highest BCUT2D eigenvalue weighted by Gasteiger charge is 2.24. The molecule has 1 aliphatic carbocycles. The van der Waals surface area contributed by atoms with Gasteiger partial charge in [0.2, 0.25) is 0 Å². The zero-order valence-corrected chi connectivity index (χ0v) is 11.9. The molecule has 0 radical (unpaired) electrons. The van der Waals surface area contributed by atoms with Crippen LogP contribution >= 0.6 is 0 Å². The largest absolute Gasteiger partial charge is 0.330 e. The molecule has 1 atom stereocenters. The van der Waals surface area contributed by atoms with E-state index in [-0.39, 0.29) is 0 Å². The van der Waals surface area contributed by atoms with E-state index >= 15 is 0 Å². The Morgan fingerprint density at radius 1 is 1.11 bits per heavy atom. The van der Waals surface area contributed by atoms with E-state index in [9.17, 15) is 0 Å². The van der Waals surface area contributed by atoms with Gasteiger partial charge in [-0.15, -0.1) is 0 Å². The lowest BCUT2D eigenvalue weighted by molar-refractivity contribution is 0.174. The first-order valence-corrected chi connectivity index (χ1v) is 7.87. The van der Waals surface area contributed by atoms with Crippen molar-refractivity contribution >= 4 is 0 Å². The molecule has 2 heteroatoms. The third kappa shape index (κ3) is 3.01. The van der Waals surface area contributed by atoms with Crippen LogP contribution in [0.15, 0.2) is 24.3 Å². The Labute approximate surface area is 117 Å². The smallest absolute Gasteiger partial charge is 0.00504 e. The molecule has 0 bridgehead atoms. The molecule has 1 saturated heterocycles. The number of piperidine rings is 1. The predicted octanol–water partition coefficient (Wildman–Crippen LogP) is 2.78. The summed E-state index contributed by atoms with van der Waals surface area (Å²) in [6.07, 6.45) is 6.60. The van der Waals surface area contributed by atoms with Crippen LogP contribution in [0.3, 0.4) is 0 Å². The van der Waals surface area contributed by atoms with Crippen LogP contribution in [0.5, 0.6) is 0 Å². The molecular formula is C17H26N2. The van der Waals surface area contributed by atoms with Crippen LogP contribution < -0.4 is 5.73 Å². The van der Waals surface area contributed by atoms with Crippen LogP contribution in [-0.2, 0) is 6.42 Å². The second kappa shape index (κ2) is 6.06. The van der Waals surface area contributed by atoms with Gasteiger partial charge >= 0.3 is 0 Å². The van der Waals surface area contributed by atoms with Crippen molar-refractivity contribution in [2.24, 2.45) is 11.7 Å². The van der Waals surface area contributed by atoms with Gasteiger partial charge in [0.15, 0.2) is 0 Å². The highest BCUT2D eigenvalue weighted by atomic mass is 15.1. The number of benzene rings is 1. The first kappa shape index (κ1) is 13.1. The maximum Gasteiger partial charge on any atom is 0.00504 e. The van der Waals surface area contributed by atoms with E-state index in [4.69, 9.17) is 5.73 Å². The standard InChI is InChI=1S/C17H26N2/c18-12-14-8-10-19(11-9-14)13-16-6-3-5-15-4-1-2-7-17(15)16/h1-2,4,7,14,16H,3,5-6,8-13,18H2. The van der Waals surface area contributed by atoms with Gasteiger partial charge in [0, 0.05) is 6.54 Å².